The minimum atomic E-state index is -0.481. The second-order valence-electron chi connectivity index (χ2n) is 6.65. The highest BCUT2D eigenvalue weighted by Crippen LogP contribution is 2.34. The van der Waals surface area contributed by atoms with E-state index in [9.17, 15) is 4.39 Å². The van der Waals surface area contributed by atoms with Crippen molar-refractivity contribution in [3.8, 4) is 23.0 Å². The van der Waals surface area contributed by atoms with Crippen LogP contribution in [0.25, 0.3) is 11.5 Å². The average Bonchev–Trinajstić information content (AvgIpc) is 3.28. The van der Waals surface area contributed by atoms with Crippen molar-refractivity contribution in [3.63, 3.8) is 0 Å². The molecule has 0 aliphatic rings. The molecule has 3 aromatic carbocycles. The summed E-state index contributed by atoms with van der Waals surface area (Å²) >= 11 is 6.06. The first-order valence-electron chi connectivity index (χ1n) is 9.40. The predicted octanol–water partition coefficient (Wildman–Crippen LogP) is 5.75. The van der Waals surface area contributed by atoms with Gasteiger partial charge in [-0.3, -0.25) is 0 Å². The fourth-order valence-electron chi connectivity index (χ4n) is 3.12. The fourth-order valence-corrected chi connectivity index (χ4v) is 3.25. The van der Waals surface area contributed by atoms with Crippen LogP contribution in [-0.4, -0.2) is 24.4 Å². The first-order chi connectivity index (χ1) is 15.1. The van der Waals surface area contributed by atoms with Crippen molar-refractivity contribution < 1.29 is 18.3 Å². The third kappa shape index (κ3) is 4.62. The van der Waals surface area contributed by atoms with Crippen molar-refractivity contribution in [2.45, 2.75) is 6.04 Å². The van der Waals surface area contributed by atoms with Crippen LogP contribution in [0.4, 0.5) is 10.1 Å². The molecule has 158 valence electrons. The van der Waals surface area contributed by atoms with Gasteiger partial charge in [0.25, 0.3) is 0 Å². The van der Waals surface area contributed by atoms with Gasteiger partial charge in [-0.15, -0.1) is 10.2 Å². The third-order valence-corrected chi connectivity index (χ3v) is 4.91. The molecule has 0 aliphatic carbocycles. The first kappa shape index (κ1) is 20.7. The maximum Gasteiger partial charge on any atom is 0.247 e. The lowest BCUT2D eigenvalue weighted by molar-refractivity contribution is 0.355. The van der Waals surface area contributed by atoms with Gasteiger partial charge in [0.1, 0.15) is 11.9 Å². The molecule has 0 amide bonds. The van der Waals surface area contributed by atoms with E-state index in [4.69, 9.17) is 25.5 Å². The molecule has 8 heteroatoms. The molecular formula is C23H19ClFN3O3. The number of benzene rings is 3. The number of hydrogen-bond donors (Lipinski definition) is 1. The lowest BCUT2D eigenvalue weighted by Gasteiger charge is -2.18. The molecule has 0 fully saturated rings. The second-order valence-corrected chi connectivity index (χ2v) is 7.09. The van der Waals surface area contributed by atoms with E-state index < -0.39 is 6.04 Å². The van der Waals surface area contributed by atoms with Gasteiger partial charge in [0.15, 0.2) is 11.5 Å². The molecule has 4 aromatic rings. The maximum atomic E-state index is 13.6. The smallest absolute Gasteiger partial charge is 0.247 e. The van der Waals surface area contributed by atoms with Gasteiger partial charge in [-0.05, 0) is 48.0 Å². The number of ether oxygens (including phenoxy) is 2. The molecule has 6 nitrogen and oxygen atoms in total. The van der Waals surface area contributed by atoms with E-state index in [1.165, 1.54) is 12.1 Å². The van der Waals surface area contributed by atoms with Gasteiger partial charge in [-0.1, -0.05) is 29.8 Å². The van der Waals surface area contributed by atoms with E-state index in [2.05, 4.69) is 15.5 Å². The van der Waals surface area contributed by atoms with Crippen molar-refractivity contribution in [3.05, 3.63) is 89.0 Å². The van der Waals surface area contributed by atoms with Crippen molar-refractivity contribution in [2.24, 2.45) is 0 Å². The maximum absolute atomic E-state index is 13.6. The molecule has 0 bridgehead atoms. The van der Waals surface area contributed by atoms with Crippen LogP contribution in [0.15, 0.2) is 71.1 Å². The zero-order valence-electron chi connectivity index (χ0n) is 16.8. The van der Waals surface area contributed by atoms with Crippen molar-refractivity contribution >= 4 is 17.3 Å². The largest absolute Gasteiger partial charge is 0.493 e. The number of methoxy groups -OCH3 is 2. The van der Waals surface area contributed by atoms with Gasteiger partial charge in [-0.25, -0.2) is 4.39 Å². The van der Waals surface area contributed by atoms with E-state index in [-0.39, 0.29) is 11.7 Å². The molecule has 0 saturated carbocycles. The Kier molecular flexibility index (Phi) is 6.04. The molecule has 0 radical (unpaired) electrons. The summed E-state index contributed by atoms with van der Waals surface area (Å²) in [5.74, 6) is 1.35. The highest BCUT2D eigenvalue weighted by molar-refractivity contribution is 6.30. The number of aromatic nitrogens is 2. The van der Waals surface area contributed by atoms with Gasteiger partial charge >= 0.3 is 0 Å². The van der Waals surface area contributed by atoms with Gasteiger partial charge in [0, 0.05) is 22.3 Å². The monoisotopic (exact) mass is 439 g/mol. The molecule has 1 N–H and O–H groups in total. The molecule has 0 spiro atoms. The van der Waals surface area contributed by atoms with Crippen LogP contribution >= 0.6 is 11.6 Å². The molecule has 1 aromatic heterocycles. The summed E-state index contributed by atoms with van der Waals surface area (Å²) < 4.78 is 30.2. The van der Waals surface area contributed by atoms with E-state index in [0.717, 1.165) is 11.3 Å². The van der Waals surface area contributed by atoms with Crippen molar-refractivity contribution in [1.29, 1.82) is 0 Å². The van der Waals surface area contributed by atoms with Crippen molar-refractivity contribution in [2.75, 3.05) is 19.5 Å². The predicted molar refractivity (Wildman–Crippen MR) is 116 cm³/mol. The van der Waals surface area contributed by atoms with E-state index in [0.29, 0.717) is 28.0 Å². The summed E-state index contributed by atoms with van der Waals surface area (Å²) in [6.45, 7) is 0. The lowest BCUT2D eigenvalue weighted by Crippen LogP contribution is -2.13. The molecule has 0 unspecified atom stereocenters. The van der Waals surface area contributed by atoms with Crippen LogP contribution < -0.4 is 14.8 Å². The minimum Gasteiger partial charge on any atom is -0.493 e. The Labute approximate surface area is 183 Å². The molecule has 1 atom stereocenters. The molecule has 31 heavy (non-hydrogen) atoms. The topological polar surface area (TPSA) is 69.4 Å². The third-order valence-electron chi connectivity index (χ3n) is 4.66. The fraction of sp³-hybridized carbons (Fsp3) is 0.130. The van der Waals surface area contributed by atoms with E-state index >= 15 is 0 Å². The quantitative estimate of drug-likeness (QED) is 0.395. The Hall–Kier alpha value is -3.58. The van der Waals surface area contributed by atoms with Gasteiger partial charge in [-0.2, -0.15) is 0 Å². The number of nitrogens with one attached hydrogen (secondary N) is 1. The normalized spacial score (nSPS) is 11.7. The summed E-state index contributed by atoms with van der Waals surface area (Å²) in [5.41, 5.74) is 2.11. The van der Waals surface area contributed by atoms with Crippen LogP contribution in [0, 0.1) is 5.82 Å². The molecule has 0 aliphatic heterocycles. The highest BCUT2D eigenvalue weighted by atomic mass is 35.5. The molecule has 4 rings (SSSR count). The van der Waals surface area contributed by atoms with Crippen molar-refractivity contribution in [1.82, 2.24) is 10.2 Å². The Bertz CT molecular complexity index is 1180. The number of nitrogens with zero attached hydrogens (tertiary/aromatic N) is 2. The van der Waals surface area contributed by atoms with Gasteiger partial charge in [0.05, 0.1) is 14.2 Å². The number of halogens is 2. The summed E-state index contributed by atoms with van der Waals surface area (Å²) in [7, 11) is 3.15. The number of hydrogen-bond acceptors (Lipinski definition) is 6. The standard InChI is InChI=1S/C23H19ClFN3O3/c1-29-19-11-10-18(13-20(19)30-2)26-21(14-6-8-16(24)9-7-14)23-28-27-22(31-23)15-4-3-5-17(25)12-15/h3-13,21,26H,1-2H3/t21-/m0/s1. The zero-order chi connectivity index (χ0) is 21.8. The van der Waals surface area contributed by atoms with Crippen LogP contribution in [0.2, 0.25) is 5.02 Å². The first-order valence-corrected chi connectivity index (χ1v) is 9.78. The zero-order valence-corrected chi connectivity index (χ0v) is 17.6. The summed E-state index contributed by atoms with van der Waals surface area (Å²) in [5, 5.41) is 12.3. The van der Waals surface area contributed by atoms with Gasteiger partial charge < -0.3 is 19.2 Å². The minimum absolute atomic E-state index is 0.225. The van der Waals surface area contributed by atoms with Gasteiger partial charge in [0.2, 0.25) is 11.8 Å². The Morgan fingerprint density at radius 3 is 2.42 bits per heavy atom. The Morgan fingerprint density at radius 1 is 0.935 bits per heavy atom. The Morgan fingerprint density at radius 2 is 1.71 bits per heavy atom. The Balaban J connectivity index is 1.71. The average molecular weight is 440 g/mol. The molecule has 1 heterocycles. The molecular weight excluding hydrogens is 421 g/mol. The number of anilines is 1. The highest BCUT2D eigenvalue weighted by Gasteiger charge is 2.22. The molecule has 0 saturated heterocycles. The van der Waals surface area contributed by atoms with Crippen LogP contribution in [0.1, 0.15) is 17.5 Å². The second kappa shape index (κ2) is 9.06. The van der Waals surface area contributed by atoms with E-state index in [1.807, 2.05) is 24.3 Å². The van der Waals surface area contributed by atoms with Crippen LogP contribution in [0.5, 0.6) is 11.5 Å². The SMILES string of the molecule is COc1ccc(N[C@@H](c2ccc(Cl)cc2)c2nnc(-c3cccc(F)c3)o2)cc1OC. The summed E-state index contributed by atoms with van der Waals surface area (Å²) in [4.78, 5) is 0. The lowest BCUT2D eigenvalue weighted by atomic mass is 10.1. The van der Waals surface area contributed by atoms with Crippen LogP contribution in [-0.2, 0) is 0 Å². The van der Waals surface area contributed by atoms with Crippen LogP contribution in [0.3, 0.4) is 0 Å². The summed E-state index contributed by atoms with van der Waals surface area (Å²) in [6.07, 6.45) is 0. The van der Waals surface area contributed by atoms with E-state index in [1.54, 1.807) is 44.6 Å². The number of rotatable bonds is 7. The summed E-state index contributed by atoms with van der Waals surface area (Å²) in [6, 6.07) is 18.3.